The Morgan fingerprint density at radius 1 is 0.508 bits per heavy atom. The number of likely N-dealkylation sites (N-methyl/N-ethyl adjacent to an activating group) is 1. The zero-order chi connectivity index (χ0) is 47.8. The van der Waals surface area contributed by atoms with Gasteiger partial charge >= 0.3 is 7.82 Å². The van der Waals surface area contributed by atoms with Gasteiger partial charge < -0.3 is 19.8 Å². The first-order valence-electron chi connectivity index (χ1n) is 28.6. The Labute approximate surface area is 405 Å². The summed E-state index contributed by atoms with van der Waals surface area (Å²) in [7, 11) is 1.59. The minimum Gasteiger partial charge on any atom is -0.387 e. The Morgan fingerprint density at radius 2 is 0.815 bits per heavy atom. The smallest absolute Gasteiger partial charge is 0.387 e. The minimum absolute atomic E-state index is 0.0650. The highest BCUT2D eigenvalue weighted by Gasteiger charge is 2.27. The number of quaternary nitrogens is 1. The van der Waals surface area contributed by atoms with E-state index in [1.165, 1.54) is 238 Å². The average molecular weight is 943 g/mol. The van der Waals surface area contributed by atoms with Gasteiger partial charge in [-0.25, -0.2) is 4.57 Å². The Morgan fingerprint density at radius 3 is 1.14 bits per heavy atom. The molecular weight excluding hydrogens is 828 g/mol. The molecule has 8 nitrogen and oxygen atoms in total. The standard InChI is InChI=1S/C56H113N2O6P/c1-6-8-10-12-14-16-18-20-22-23-24-25-26-27-28-29-30-31-32-33-34-35-36-37-39-41-43-45-47-49-55(59)54(53-64-65(61,62)63-52-51-58(3,4)5)57-56(60)50-48-46-44-42-40-38-21-19-17-15-13-11-9-7-2/h47,49,54-55,59H,6-46,48,50-53H2,1-5H3,(H-,57,60,61,62)/p+1/b49-47+. The molecule has 3 N–H and O–H groups in total. The van der Waals surface area contributed by atoms with Gasteiger partial charge in [0.15, 0.2) is 0 Å². The van der Waals surface area contributed by atoms with Crippen molar-refractivity contribution in [1.82, 2.24) is 5.32 Å². The van der Waals surface area contributed by atoms with Gasteiger partial charge in [0.1, 0.15) is 13.2 Å². The van der Waals surface area contributed by atoms with Crippen LogP contribution < -0.4 is 5.32 Å². The fourth-order valence-electron chi connectivity index (χ4n) is 8.75. The van der Waals surface area contributed by atoms with Gasteiger partial charge in [0.25, 0.3) is 0 Å². The topological polar surface area (TPSA) is 105 Å². The SMILES string of the molecule is CCCCCCCCCCCCCCCCCCCCCCCCCCCCC/C=C/C(O)C(COP(=O)(O)OCC[N+](C)(C)C)NC(=O)CCCCCCCCCCCCCCCC. The van der Waals surface area contributed by atoms with E-state index < -0.39 is 20.0 Å². The second-order valence-corrected chi connectivity index (χ2v) is 22.5. The zero-order valence-corrected chi connectivity index (χ0v) is 45.2. The number of carbonyl (C=O) groups is 1. The van der Waals surface area contributed by atoms with E-state index in [1.807, 2.05) is 27.2 Å². The molecule has 0 saturated carbocycles. The highest BCUT2D eigenvalue weighted by atomic mass is 31.2. The molecule has 3 unspecified atom stereocenters. The lowest BCUT2D eigenvalue weighted by molar-refractivity contribution is -0.870. The summed E-state index contributed by atoms with van der Waals surface area (Å²) in [5.74, 6) is -0.172. The van der Waals surface area contributed by atoms with Crippen LogP contribution in [0.5, 0.6) is 0 Å². The molecule has 0 fully saturated rings. The van der Waals surface area contributed by atoms with E-state index in [2.05, 4.69) is 19.2 Å². The van der Waals surface area contributed by atoms with E-state index in [-0.39, 0.29) is 19.1 Å². The van der Waals surface area contributed by atoms with Gasteiger partial charge in [0.05, 0.1) is 39.9 Å². The van der Waals surface area contributed by atoms with E-state index >= 15 is 0 Å². The summed E-state index contributed by atoms with van der Waals surface area (Å²) in [6, 6.07) is -0.841. The fraction of sp³-hybridized carbons (Fsp3) is 0.946. The van der Waals surface area contributed by atoms with E-state index in [0.29, 0.717) is 17.4 Å². The van der Waals surface area contributed by atoms with Crippen molar-refractivity contribution >= 4 is 13.7 Å². The van der Waals surface area contributed by atoms with Crippen LogP contribution in [0.25, 0.3) is 0 Å². The van der Waals surface area contributed by atoms with E-state index in [0.717, 1.165) is 32.1 Å². The molecule has 0 aromatic heterocycles. The number of unbranched alkanes of at least 4 members (excludes halogenated alkanes) is 40. The van der Waals surface area contributed by atoms with Gasteiger partial charge in [0, 0.05) is 6.42 Å². The van der Waals surface area contributed by atoms with Crippen molar-refractivity contribution in [2.75, 3.05) is 40.9 Å². The predicted molar refractivity (Wildman–Crippen MR) is 282 cm³/mol. The monoisotopic (exact) mass is 942 g/mol. The second-order valence-electron chi connectivity index (χ2n) is 21.0. The lowest BCUT2D eigenvalue weighted by atomic mass is 10.0. The van der Waals surface area contributed by atoms with Crippen LogP contribution in [0.3, 0.4) is 0 Å². The Balaban J connectivity index is 4.10. The number of phosphoric acid groups is 1. The Bertz CT molecular complexity index is 1070. The van der Waals surface area contributed by atoms with E-state index in [4.69, 9.17) is 9.05 Å². The van der Waals surface area contributed by atoms with Crippen molar-refractivity contribution in [1.29, 1.82) is 0 Å². The number of carbonyl (C=O) groups excluding carboxylic acids is 1. The molecule has 1 amide bonds. The molecule has 0 saturated heterocycles. The molecule has 0 aromatic rings. The lowest BCUT2D eigenvalue weighted by Gasteiger charge is -2.25. The number of allylic oxidation sites excluding steroid dienone is 1. The average Bonchev–Trinajstić information content (AvgIpc) is 3.26. The quantitative estimate of drug-likeness (QED) is 0.0243. The van der Waals surface area contributed by atoms with Gasteiger partial charge in [-0.1, -0.05) is 276 Å². The summed E-state index contributed by atoms with van der Waals surface area (Å²) in [6.45, 7) is 4.86. The Kier molecular flexibility index (Phi) is 47.7. The molecule has 0 heterocycles. The van der Waals surface area contributed by atoms with Crippen molar-refractivity contribution in [2.24, 2.45) is 0 Å². The third kappa shape index (κ3) is 50.9. The number of hydrogen-bond acceptors (Lipinski definition) is 5. The molecule has 0 aromatic carbocycles. The number of hydrogen-bond donors (Lipinski definition) is 3. The first kappa shape index (κ1) is 64.2. The number of amides is 1. The van der Waals surface area contributed by atoms with Crippen LogP contribution >= 0.6 is 7.82 Å². The van der Waals surface area contributed by atoms with Gasteiger partial charge in [-0.3, -0.25) is 13.8 Å². The van der Waals surface area contributed by atoms with Crippen molar-refractivity contribution in [3.8, 4) is 0 Å². The largest absolute Gasteiger partial charge is 0.472 e. The number of phosphoric ester groups is 1. The third-order valence-corrected chi connectivity index (χ3v) is 14.2. The zero-order valence-electron chi connectivity index (χ0n) is 44.3. The fourth-order valence-corrected chi connectivity index (χ4v) is 9.49. The van der Waals surface area contributed by atoms with Crippen molar-refractivity contribution in [3.63, 3.8) is 0 Å². The highest BCUT2D eigenvalue weighted by Crippen LogP contribution is 2.43. The molecule has 0 rings (SSSR count). The predicted octanol–water partition coefficient (Wildman–Crippen LogP) is 17.0. The molecule has 0 aliphatic carbocycles. The van der Waals surface area contributed by atoms with Gasteiger partial charge in [-0.05, 0) is 19.3 Å². The maximum absolute atomic E-state index is 12.9. The van der Waals surface area contributed by atoms with Crippen LogP contribution in [-0.4, -0.2) is 73.4 Å². The van der Waals surface area contributed by atoms with Crippen molar-refractivity contribution in [2.45, 2.75) is 302 Å². The van der Waals surface area contributed by atoms with E-state index in [1.54, 1.807) is 6.08 Å². The molecule has 3 atom stereocenters. The summed E-state index contributed by atoms with van der Waals surface area (Å²) in [6.07, 6.45) is 58.9. The first-order chi connectivity index (χ1) is 31.5. The number of aliphatic hydroxyl groups is 1. The Hall–Kier alpha value is -0.760. The number of nitrogens with zero attached hydrogens (tertiary/aromatic N) is 1. The lowest BCUT2D eigenvalue weighted by Crippen LogP contribution is -2.45. The molecule has 0 spiro atoms. The molecule has 65 heavy (non-hydrogen) atoms. The van der Waals surface area contributed by atoms with Crippen LogP contribution in [0.4, 0.5) is 0 Å². The van der Waals surface area contributed by atoms with E-state index in [9.17, 15) is 19.4 Å². The number of nitrogens with one attached hydrogen (secondary N) is 1. The van der Waals surface area contributed by atoms with Gasteiger partial charge in [-0.2, -0.15) is 0 Å². The third-order valence-electron chi connectivity index (χ3n) is 13.3. The van der Waals surface area contributed by atoms with Crippen LogP contribution in [0, 0.1) is 0 Å². The number of rotatable bonds is 53. The first-order valence-corrected chi connectivity index (χ1v) is 30.1. The summed E-state index contributed by atoms with van der Waals surface area (Å²) in [5, 5.41) is 13.9. The van der Waals surface area contributed by atoms with Crippen LogP contribution in [-0.2, 0) is 18.4 Å². The molecule has 9 heteroatoms. The molecule has 0 aliphatic heterocycles. The van der Waals surface area contributed by atoms with Crippen LogP contribution in [0.15, 0.2) is 12.2 Å². The molecule has 0 aliphatic rings. The second kappa shape index (κ2) is 48.3. The summed E-state index contributed by atoms with van der Waals surface area (Å²) in [5.41, 5.74) is 0. The molecule has 388 valence electrons. The minimum atomic E-state index is -4.34. The van der Waals surface area contributed by atoms with Crippen molar-refractivity contribution in [3.05, 3.63) is 12.2 Å². The van der Waals surface area contributed by atoms with Crippen LogP contribution in [0.1, 0.15) is 290 Å². The van der Waals surface area contributed by atoms with Gasteiger partial charge in [-0.15, -0.1) is 0 Å². The van der Waals surface area contributed by atoms with Crippen molar-refractivity contribution < 1.29 is 32.9 Å². The molecular formula is C56H114N2O6P+. The molecule has 0 bridgehead atoms. The summed E-state index contributed by atoms with van der Waals surface area (Å²) >= 11 is 0. The maximum Gasteiger partial charge on any atom is 0.472 e. The highest BCUT2D eigenvalue weighted by molar-refractivity contribution is 7.47. The number of aliphatic hydroxyl groups excluding tert-OH is 1. The normalized spacial score (nSPS) is 14.0. The maximum atomic E-state index is 12.9. The van der Waals surface area contributed by atoms with Crippen LogP contribution in [0.2, 0.25) is 0 Å². The van der Waals surface area contributed by atoms with Gasteiger partial charge in [0.2, 0.25) is 5.91 Å². The molecule has 0 radical (unpaired) electrons. The summed E-state index contributed by atoms with van der Waals surface area (Å²) in [4.78, 5) is 23.2. The summed E-state index contributed by atoms with van der Waals surface area (Å²) < 4.78 is 23.7.